The van der Waals surface area contributed by atoms with E-state index in [1.54, 1.807) is 0 Å². The standard InChI is InChI=1S/C16H24N2O/c1-12-6-5-7-14(10-12)13(2)18-16(19)11-17-15-8-3-4-9-15/h5-7,10,13,15,17H,3-4,8-9,11H2,1-2H3,(H,18,19)/t13-/m0/s1. The maximum absolute atomic E-state index is 11.9. The van der Waals surface area contributed by atoms with Gasteiger partial charge in [0.25, 0.3) is 0 Å². The van der Waals surface area contributed by atoms with Gasteiger partial charge in [0, 0.05) is 6.04 Å². The highest BCUT2D eigenvalue weighted by atomic mass is 16.1. The SMILES string of the molecule is Cc1cccc([C@H](C)NC(=O)CNC2CCCC2)c1. The van der Waals surface area contributed by atoms with Crippen molar-refractivity contribution in [2.75, 3.05) is 6.54 Å². The highest BCUT2D eigenvalue weighted by Gasteiger charge is 2.16. The van der Waals surface area contributed by atoms with E-state index in [1.165, 1.54) is 31.2 Å². The van der Waals surface area contributed by atoms with Gasteiger partial charge in [0.1, 0.15) is 0 Å². The number of hydrogen-bond donors (Lipinski definition) is 2. The molecule has 3 heteroatoms. The molecule has 0 bridgehead atoms. The van der Waals surface area contributed by atoms with E-state index in [2.05, 4.69) is 35.8 Å². The Bertz CT molecular complexity index is 425. The van der Waals surface area contributed by atoms with Crippen molar-refractivity contribution in [2.24, 2.45) is 0 Å². The van der Waals surface area contributed by atoms with E-state index in [1.807, 2.05) is 13.0 Å². The van der Waals surface area contributed by atoms with Crippen LogP contribution in [0.4, 0.5) is 0 Å². The molecule has 2 N–H and O–H groups in total. The second kappa shape index (κ2) is 6.71. The quantitative estimate of drug-likeness (QED) is 0.854. The van der Waals surface area contributed by atoms with Gasteiger partial charge in [-0.2, -0.15) is 0 Å². The maximum Gasteiger partial charge on any atom is 0.234 e. The van der Waals surface area contributed by atoms with E-state index >= 15 is 0 Å². The fourth-order valence-corrected chi connectivity index (χ4v) is 2.68. The van der Waals surface area contributed by atoms with Gasteiger partial charge in [-0.25, -0.2) is 0 Å². The predicted molar refractivity (Wildman–Crippen MR) is 78.0 cm³/mol. The number of carbonyl (C=O) groups is 1. The molecule has 3 nitrogen and oxygen atoms in total. The van der Waals surface area contributed by atoms with Crippen molar-refractivity contribution in [3.63, 3.8) is 0 Å². The molecule has 1 aliphatic carbocycles. The van der Waals surface area contributed by atoms with Crippen LogP contribution in [0.15, 0.2) is 24.3 Å². The summed E-state index contributed by atoms with van der Waals surface area (Å²) in [4.78, 5) is 11.9. The summed E-state index contributed by atoms with van der Waals surface area (Å²) in [6, 6.07) is 8.89. The zero-order chi connectivity index (χ0) is 13.7. The van der Waals surface area contributed by atoms with Crippen molar-refractivity contribution in [1.29, 1.82) is 0 Å². The molecule has 0 saturated heterocycles. The summed E-state index contributed by atoms with van der Waals surface area (Å²) in [5, 5.41) is 6.38. The fraction of sp³-hybridized carbons (Fsp3) is 0.562. The Morgan fingerprint density at radius 2 is 2.11 bits per heavy atom. The zero-order valence-electron chi connectivity index (χ0n) is 11.9. The van der Waals surface area contributed by atoms with Crippen molar-refractivity contribution in [2.45, 2.75) is 51.6 Å². The molecule has 19 heavy (non-hydrogen) atoms. The highest BCUT2D eigenvalue weighted by molar-refractivity contribution is 5.78. The van der Waals surface area contributed by atoms with Gasteiger partial charge in [0.05, 0.1) is 12.6 Å². The second-order valence-electron chi connectivity index (χ2n) is 5.57. The summed E-state index contributed by atoms with van der Waals surface area (Å²) in [6.07, 6.45) is 5.00. The van der Waals surface area contributed by atoms with E-state index in [0.29, 0.717) is 12.6 Å². The average Bonchev–Trinajstić information content (AvgIpc) is 2.89. The van der Waals surface area contributed by atoms with E-state index in [9.17, 15) is 4.79 Å². The fourth-order valence-electron chi connectivity index (χ4n) is 2.68. The van der Waals surface area contributed by atoms with Crippen LogP contribution in [0.3, 0.4) is 0 Å². The van der Waals surface area contributed by atoms with Crippen LogP contribution in [0.2, 0.25) is 0 Å². The topological polar surface area (TPSA) is 41.1 Å². The van der Waals surface area contributed by atoms with Crippen molar-refractivity contribution < 1.29 is 4.79 Å². The summed E-state index contributed by atoms with van der Waals surface area (Å²) < 4.78 is 0. The summed E-state index contributed by atoms with van der Waals surface area (Å²) >= 11 is 0. The number of nitrogens with one attached hydrogen (secondary N) is 2. The van der Waals surface area contributed by atoms with Crippen LogP contribution in [0.5, 0.6) is 0 Å². The summed E-state index contributed by atoms with van der Waals surface area (Å²) in [7, 11) is 0. The molecule has 1 amide bonds. The third-order valence-corrected chi connectivity index (χ3v) is 3.83. The van der Waals surface area contributed by atoms with E-state index in [0.717, 1.165) is 5.56 Å². The highest BCUT2D eigenvalue weighted by Crippen LogP contribution is 2.17. The Morgan fingerprint density at radius 3 is 2.79 bits per heavy atom. The first-order valence-corrected chi connectivity index (χ1v) is 7.24. The number of rotatable bonds is 5. The van der Waals surface area contributed by atoms with Crippen LogP contribution in [-0.2, 0) is 4.79 Å². The minimum Gasteiger partial charge on any atom is -0.348 e. The van der Waals surface area contributed by atoms with Crippen LogP contribution in [-0.4, -0.2) is 18.5 Å². The summed E-state index contributed by atoms with van der Waals surface area (Å²) in [5.74, 6) is 0.0842. The molecule has 0 heterocycles. The molecule has 0 unspecified atom stereocenters. The second-order valence-corrected chi connectivity index (χ2v) is 5.57. The normalized spacial score (nSPS) is 17.4. The monoisotopic (exact) mass is 260 g/mol. The lowest BCUT2D eigenvalue weighted by atomic mass is 10.1. The van der Waals surface area contributed by atoms with Gasteiger partial charge in [-0.15, -0.1) is 0 Å². The van der Waals surface area contributed by atoms with Gasteiger partial charge in [-0.3, -0.25) is 4.79 Å². The predicted octanol–water partition coefficient (Wildman–Crippen LogP) is 2.70. The lowest BCUT2D eigenvalue weighted by molar-refractivity contribution is -0.121. The van der Waals surface area contributed by atoms with Gasteiger partial charge in [0.2, 0.25) is 5.91 Å². The lowest BCUT2D eigenvalue weighted by Crippen LogP contribution is -2.39. The van der Waals surface area contributed by atoms with Crippen LogP contribution < -0.4 is 10.6 Å². The van der Waals surface area contributed by atoms with Crippen molar-refractivity contribution in [1.82, 2.24) is 10.6 Å². The minimum atomic E-state index is 0.0674. The van der Waals surface area contributed by atoms with Gasteiger partial charge < -0.3 is 10.6 Å². The minimum absolute atomic E-state index is 0.0674. The Labute approximate surface area is 115 Å². The number of hydrogen-bond acceptors (Lipinski definition) is 2. The molecule has 0 aromatic heterocycles. The molecule has 1 fully saturated rings. The molecule has 1 atom stereocenters. The van der Waals surface area contributed by atoms with Crippen molar-refractivity contribution in [3.05, 3.63) is 35.4 Å². The first-order chi connectivity index (χ1) is 9.15. The summed E-state index contributed by atoms with van der Waals surface area (Å²) in [5.41, 5.74) is 2.39. The molecular formula is C16H24N2O. The van der Waals surface area contributed by atoms with Crippen LogP contribution in [0.1, 0.15) is 49.8 Å². The number of benzene rings is 1. The van der Waals surface area contributed by atoms with E-state index in [-0.39, 0.29) is 11.9 Å². The lowest BCUT2D eigenvalue weighted by Gasteiger charge is -2.17. The number of aryl methyl sites for hydroxylation is 1. The molecular weight excluding hydrogens is 236 g/mol. The van der Waals surface area contributed by atoms with Gasteiger partial charge >= 0.3 is 0 Å². The molecule has 0 spiro atoms. The third kappa shape index (κ3) is 4.35. The molecule has 1 saturated carbocycles. The Kier molecular flexibility index (Phi) is 4.97. The maximum atomic E-state index is 11.9. The smallest absolute Gasteiger partial charge is 0.234 e. The number of amides is 1. The largest absolute Gasteiger partial charge is 0.348 e. The molecule has 0 radical (unpaired) electrons. The zero-order valence-corrected chi connectivity index (χ0v) is 11.9. The first kappa shape index (κ1) is 14.1. The van der Waals surface area contributed by atoms with Crippen LogP contribution in [0, 0.1) is 6.92 Å². The van der Waals surface area contributed by atoms with Gasteiger partial charge in [-0.1, -0.05) is 42.7 Å². The van der Waals surface area contributed by atoms with Crippen LogP contribution >= 0.6 is 0 Å². The van der Waals surface area contributed by atoms with Crippen molar-refractivity contribution in [3.8, 4) is 0 Å². The molecule has 1 aromatic rings. The third-order valence-electron chi connectivity index (χ3n) is 3.83. The Balaban J connectivity index is 1.77. The van der Waals surface area contributed by atoms with Crippen LogP contribution in [0.25, 0.3) is 0 Å². The van der Waals surface area contributed by atoms with Gasteiger partial charge in [0.15, 0.2) is 0 Å². The Morgan fingerprint density at radius 1 is 1.37 bits per heavy atom. The molecule has 2 rings (SSSR count). The first-order valence-electron chi connectivity index (χ1n) is 7.24. The Hall–Kier alpha value is -1.35. The van der Waals surface area contributed by atoms with E-state index in [4.69, 9.17) is 0 Å². The summed E-state index contributed by atoms with van der Waals surface area (Å²) in [6.45, 7) is 4.53. The average molecular weight is 260 g/mol. The molecule has 1 aliphatic rings. The van der Waals surface area contributed by atoms with Gasteiger partial charge in [-0.05, 0) is 32.3 Å². The molecule has 0 aliphatic heterocycles. The molecule has 1 aromatic carbocycles. The van der Waals surface area contributed by atoms with E-state index < -0.39 is 0 Å². The number of carbonyl (C=O) groups excluding carboxylic acids is 1. The van der Waals surface area contributed by atoms with Crippen molar-refractivity contribution >= 4 is 5.91 Å². The molecule has 104 valence electrons.